The van der Waals surface area contributed by atoms with Crippen molar-refractivity contribution in [3.63, 3.8) is 0 Å². The van der Waals surface area contributed by atoms with Crippen molar-refractivity contribution in [2.75, 3.05) is 65.4 Å². The third kappa shape index (κ3) is 12.2. The first-order valence-electron chi connectivity index (χ1n) is 8.95. The number of amides is 2. The van der Waals surface area contributed by atoms with E-state index < -0.39 is 0 Å². The SMILES string of the molecule is CCNC(=O)CCN(CCN)CCN(CCN)CCC(=O)NCC. The first kappa shape index (κ1) is 22.8. The second-order valence-corrected chi connectivity index (χ2v) is 5.67. The minimum absolute atomic E-state index is 0.0644. The van der Waals surface area contributed by atoms with Crippen LogP contribution in [0, 0.1) is 0 Å². The summed E-state index contributed by atoms with van der Waals surface area (Å²) in [5, 5.41) is 5.61. The summed E-state index contributed by atoms with van der Waals surface area (Å²) in [7, 11) is 0. The fourth-order valence-corrected chi connectivity index (χ4v) is 2.41. The Morgan fingerprint density at radius 1 is 0.708 bits per heavy atom. The highest BCUT2D eigenvalue weighted by Gasteiger charge is 2.11. The normalized spacial score (nSPS) is 11.1. The van der Waals surface area contributed by atoms with Crippen molar-refractivity contribution in [3.8, 4) is 0 Å². The highest BCUT2D eigenvalue weighted by Crippen LogP contribution is 1.97. The third-order valence-electron chi connectivity index (χ3n) is 3.68. The summed E-state index contributed by atoms with van der Waals surface area (Å²) in [6, 6.07) is 0. The van der Waals surface area contributed by atoms with Gasteiger partial charge in [0.2, 0.25) is 11.8 Å². The Hall–Kier alpha value is -1.22. The molecule has 0 bridgehead atoms. The smallest absolute Gasteiger partial charge is 0.221 e. The highest BCUT2D eigenvalue weighted by molar-refractivity contribution is 5.76. The van der Waals surface area contributed by atoms with Gasteiger partial charge in [0, 0.05) is 78.3 Å². The standard InChI is InChI=1S/C16H36N6O2/c1-3-19-15(23)5-9-21(11-7-17)13-14-22(12-8-18)10-6-16(24)20-4-2/h3-14,17-18H2,1-2H3,(H,19,23)(H,20,24). The molecule has 0 radical (unpaired) electrons. The quantitative estimate of drug-likeness (QED) is 0.289. The second kappa shape index (κ2) is 15.3. The van der Waals surface area contributed by atoms with Crippen molar-refractivity contribution in [2.45, 2.75) is 26.7 Å². The van der Waals surface area contributed by atoms with E-state index in [0.29, 0.717) is 52.1 Å². The van der Waals surface area contributed by atoms with Crippen LogP contribution in [0.1, 0.15) is 26.7 Å². The second-order valence-electron chi connectivity index (χ2n) is 5.67. The molecule has 2 amide bonds. The van der Waals surface area contributed by atoms with E-state index in [0.717, 1.165) is 26.2 Å². The predicted octanol–water partition coefficient (Wildman–Crippen LogP) is -1.44. The van der Waals surface area contributed by atoms with E-state index in [9.17, 15) is 9.59 Å². The van der Waals surface area contributed by atoms with Crippen molar-refractivity contribution in [1.29, 1.82) is 0 Å². The summed E-state index contributed by atoms with van der Waals surface area (Å²) < 4.78 is 0. The van der Waals surface area contributed by atoms with Crippen LogP contribution in [0.5, 0.6) is 0 Å². The van der Waals surface area contributed by atoms with Crippen LogP contribution in [0.4, 0.5) is 0 Å². The molecule has 0 fully saturated rings. The molecule has 6 N–H and O–H groups in total. The lowest BCUT2D eigenvalue weighted by molar-refractivity contribution is -0.122. The number of hydrogen-bond acceptors (Lipinski definition) is 6. The van der Waals surface area contributed by atoms with Crippen molar-refractivity contribution >= 4 is 11.8 Å². The molecule has 0 spiro atoms. The van der Waals surface area contributed by atoms with Crippen LogP contribution in [-0.4, -0.2) is 87.1 Å². The van der Waals surface area contributed by atoms with Gasteiger partial charge in [-0.3, -0.25) is 9.59 Å². The summed E-state index contributed by atoms with van der Waals surface area (Å²) in [5.74, 6) is 0.129. The largest absolute Gasteiger partial charge is 0.356 e. The van der Waals surface area contributed by atoms with Crippen LogP contribution < -0.4 is 22.1 Å². The van der Waals surface area contributed by atoms with Crippen LogP contribution in [-0.2, 0) is 9.59 Å². The Kier molecular flexibility index (Phi) is 14.5. The Morgan fingerprint density at radius 3 is 1.38 bits per heavy atom. The summed E-state index contributed by atoms with van der Waals surface area (Å²) in [6.45, 7) is 10.8. The van der Waals surface area contributed by atoms with Crippen molar-refractivity contribution in [2.24, 2.45) is 11.5 Å². The lowest BCUT2D eigenvalue weighted by atomic mass is 10.3. The topological polar surface area (TPSA) is 117 Å². The zero-order chi connectivity index (χ0) is 18.2. The molecule has 0 unspecified atom stereocenters. The van der Waals surface area contributed by atoms with E-state index in [1.807, 2.05) is 13.8 Å². The summed E-state index contributed by atoms with van der Waals surface area (Å²) in [6.07, 6.45) is 0.952. The molecule has 8 heteroatoms. The van der Waals surface area contributed by atoms with E-state index in [-0.39, 0.29) is 11.8 Å². The fraction of sp³-hybridized carbons (Fsp3) is 0.875. The van der Waals surface area contributed by atoms with Crippen molar-refractivity contribution in [3.05, 3.63) is 0 Å². The van der Waals surface area contributed by atoms with E-state index in [1.54, 1.807) is 0 Å². The van der Waals surface area contributed by atoms with Gasteiger partial charge in [0.15, 0.2) is 0 Å². The Balaban J connectivity index is 4.26. The number of hydrogen-bond donors (Lipinski definition) is 4. The lowest BCUT2D eigenvalue weighted by Gasteiger charge is -2.27. The lowest BCUT2D eigenvalue weighted by Crippen LogP contribution is -2.42. The van der Waals surface area contributed by atoms with E-state index in [1.165, 1.54) is 0 Å². The zero-order valence-electron chi connectivity index (χ0n) is 15.4. The molecule has 0 aliphatic rings. The maximum atomic E-state index is 11.6. The number of nitrogens with two attached hydrogens (primary N) is 2. The van der Waals surface area contributed by atoms with Gasteiger partial charge in [-0.15, -0.1) is 0 Å². The molecule has 0 saturated heterocycles. The third-order valence-corrected chi connectivity index (χ3v) is 3.68. The molecular weight excluding hydrogens is 308 g/mol. The van der Waals surface area contributed by atoms with Gasteiger partial charge in [0.25, 0.3) is 0 Å². The predicted molar refractivity (Wildman–Crippen MR) is 97.6 cm³/mol. The molecule has 24 heavy (non-hydrogen) atoms. The van der Waals surface area contributed by atoms with Crippen LogP contribution in [0.3, 0.4) is 0 Å². The molecule has 0 atom stereocenters. The van der Waals surface area contributed by atoms with Gasteiger partial charge in [-0.1, -0.05) is 0 Å². The minimum Gasteiger partial charge on any atom is -0.356 e. The Morgan fingerprint density at radius 2 is 1.08 bits per heavy atom. The van der Waals surface area contributed by atoms with E-state index in [4.69, 9.17) is 11.5 Å². The van der Waals surface area contributed by atoms with Gasteiger partial charge in [-0.05, 0) is 13.8 Å². The van der Waals surface area contributed by atoms with E-state index in [2.05, 4.69) is 20.4 Å². The molecule has 0 heterocycles. The molecular formula is C16H36N6O2. The average Bonchev–Trinajstić information content (AvgIpc) is 2.55. The minimum atomic E-state index is 0.0644. The molecule has 0 aliphatic heterocycles. The first-order valence-corrected chi connectivity index (χ1v) is 8.95. The number of carbonyl (C=O) groups excluding carboxylic acids is 2. The van der Waals surface area contributed by atoms with Gasteiger partial charge in [0.05, 0.1) is 0 Å². The number of rotatable bonds is 15. The van der Waals surface area contributed by atoms with Crippen molar-refractivity contribution in [1.82, 2.24) is 20.4 Å². The van der Waals surface area contributed by atoms with Crippen molar-refractivity contribution < 1.29 is 9.59 Å². The van der Waals surface area contributed by atoms with Gasteiger partial charge in [0.1, 0.15) is 0 Å². The number of nitrogens with one attached hydrogen (secondary N) is 2. The zero-order valence-corrected chi connectivity index (χ0v) is 15.4. The Labute approximate surface area is 146 Å². The highest BCUT2D eigenvalue weighted by atomic mass is 16.2. The first-order chi connectivity index (χ1) is 11.6. The average molecular weight is 345 g/mol. The molecule has 0 saturated carbocycles. The van der Waals surface area contributed by atoms with Gasteiger partial charge >= 0.3 is 0 Å². The molecule has 0 aromatic rings. The molecule has 0 aliphatic carbocycles. The van der Waals surface area contributed by atoms with Crippen LogP contribution in [0.15, 0.2) is 0 Å². The molecule has 0 rings (SSSR count). The van der Waals surface area contributed by atoms with Gasteiger partial charge in [-0.2, -0.15) is 0 Å². The summed E-state index contributed by atoms with van der Waals surface area (Å²) in [4.78, 5) is 27.6. The molecule has 0 aromatic carbocycles. The number of nitrogens with zero attached hydrogens (tertiary/aromatic N) is 2. The maximum Gasteiger partial charge on any atom is 0.221 e. The maximum absolute atomic E-state index is 11.6. The number of carbonyl (C=O) groups is 2. The molecule has 0 aromatic heterocycles. The van der Waals surface area contributed by atoms with Gasteiger partial charge < -0.3 is 31.9 Å². The summed E-state index contributed by atoms with van der Waals surface area (Å²) >= 11 is 0. The summed E-state index contributed by atoms with van der Waals surface area (Å²) in [5.41, 5.74) is 11.3. The fourth-order valence-electron chi connectivity index (χ4n) is 2.41. The molecule has 142 valence electrons. The van der Waals surface area contributed by atoms with Gasteiger partial charge in [-0.25, -0.2) is 0 Å². The van der Waals surface area contributed by atoms with Crippen LogP contribution in [0.25, 0.3) is 0 Å². The van der Waals surface area contributed by atoms with Crippen LogP contribution in [0.2, 0.25) is 0 Å². The monoisotopic (exact) mass is 344 g/mol. The Bertz CT molecular complexity index is 309. The van der Waals surface area contributed by atoms with Crippen LogP contribution >= 0.6 is 0 Å². The van der Waals surface area contributed by atoms with E-state index >= 15 is 0 Å². The molecule has 8 nitrogen and oxygen atoms in total.